The van der Waals surface area contributed by atoms with Gasteiger partial charge < -0.3 is 20.4 Å². The Labute approximate surface area is 156 Å². The average molecular weight is 368 g/mol. The first-order chi connectivity index (χ1) is 13.0. The number of amides is 3. The zero-order valence-electron chi connectivity index (χ0n) is 14.9. The van der Waals surface area contributed by atoms with Crippen LogP contribution in [0.5, 0.6) is 0 Å². The fraction of sp³-hybridized carbons (Fsp3) is 0.278. The molecule has 0 radical (unpaired) electrons. The number of carbonyl (C=O) groups excluding carboxylic acids is 3. The second kappa shape index (κ2) is 8.26. The summed E-state index contributed by atoms with van der Waals surface area (Å²) in [7, 11) is 0. The van der Waals surface area contributed by atoms with E-state index in [0.29, 0.717) is 37.7 Å². The summed E-state index contributed by atoms with van der Waals surface area (Å²) in [6, 6.07) is 8.75. The van der Waals surface area contributed by atoms with E-state index in [1.807, 2.05) is 6.07 Å². The van der Waals surface area contributed by atoms with Crippen molar-refractivity contribution >= 4 is 35.4 Å². The van der Waals surface area contributed by atoms with E-state index in [9.17, 15) is 14.4 Å². The summed E-state index contributed by atoms with van der Waals surface area (Å²) in [6.45, 7) is 3.42. The Hall–Kier alpha value is -3.49. The predicted octanol–water partition coefficient (Wildman–Crippen LogP) is 1.09. The molecule has 1 aromatic heterocycles. The van der Waals surface area contributed by atoms with Crippen molar-refractivity contribution in [1.29, 1.82) is 0 Å². The molecule has 0 unspecified atom stereocenters. The van der Waals surface area contributed by atoms with Gasteiger partial charge in [-0.05, 0) is 18.2 Å². The number of nitrogens with one attached hydrogen (secondary N) is 2. The van der Waals surface area contributed by atoms with Gasteiger partial charge in [0.05, 0.1) is 0 Å². The molecule has 9 nitrogen and oxygen atoms in total. The van der Waals surface area contributed by atoms with Crippen LogP contribution in [0.25, 0.3) is 0 Å². The van der Waals surface area contributed by atoms with Crippen LogP contribution in [0.4, 0.5) is 17.2 Å². The van der Waals surface area contributed by atoms with Gasteiger partial charge in [-0.2, -0.15) is 0 Å². The van der Waals surface area contributed by atoms with E-state index in [0.717, 1.165) is 12.1 Å². The summed E-state index contributed by atoms with van der Waals surface area (Å²) < 4.78 is 0. The predicted molar refractivity (Wildman–Crippen MR) is 99.6 cm³/mol. The van der Waals surface area contributed by atoms with Gasteiger partial charge in [0, 0.05) is 50.5 Å². The lowest BCUT2D eigenvalue weighted by Gasteiger charge is -2.32. The minimum atomic E-state index is -0.196. The van der Waals surface area contributed by atoms with Crippen molar-refractivity contribution in [3.05, 3.63) is 42.4 Å². The average Bonchev–Trinajstić information content (AvgIpc) is 2.67. The van der Waals surface area contributed by atoms with Crippen molar-refractivity contribution in [2.75, 3.05) is 36.8 Å². The first-order valence-corrected chi connectivity index (χ1v) is 8.50. The van der Waals surface area contributed by atoms with E-state index in [1.165, 1.54) is 13.3 Å². The largest absolute Gasteiger partial charge is 0.342 e. The first-order valence-electron chi connectivity index (χ1n) is 8.50. The Bertz CT molecular complexity index is 848. The topological polar surface area (TPSA) is 108 Å². The van der Waals surface area contributed by atoms with Crippen molar-refractivity contribution in [1.82, 2.24) is 19.8 Å². The molecule has 3 rings (SSSR count). The van der Waals surface area contributed by atoms with E-state index in [1.54, 1.807) is 34.1 Å². The lowest BCUT2D eigenvalue weighted by atomic mass is 10.2. The number of piperazine rings is 1. The maximum atomic E-state index is 12.6. The quantitative estimate of drug-likeness (QED) is 0.765. The summed E-state index contributed by atoms with van der Waals surface area (Å²) in [5.41, 5.74) is 1.66. The molecule has 1 aliphatic heterocycles. The lowest BCUT2D eigenvalue weighted by molar-refractivity contribution is -0.119. The highest BCUT2D eigenvalue weighted by Gasteiger charge is 2.22. The van der Waals surface area contributed by atoms with Gasteiger partial charge in [-0.15, -0.1) is 0 Å². The molecular weight excluding hydrogens is 348 g/mol. The van der Waals surface area contributed by atoms with Gasteiger partial charge >= 0.3 is 0 Å². The molecule has 27 heavy (non-hydrogen) atoms. The number of aromatic nitrogens is 2. The third-order valence-electron chi connectivity index (χ3n) is 4.09. The maximum absolute atomic E-state index is 12.6. The van der Waals surface area contributed by atoms with Crippen LogP contribution in [-0.4, -0.2) is 64.2 Å². The molecule has 1 aliphatic rings. The summed E-state index contributed by atoms with van der Waals surface area (Å²) >= 11 is 0. The van der Waals surface area contributed by atoms with E-state index in [2.05, 4.69) is 20.6 Å². The molecule has 0 saturated carbocycles. The van der Waals surface area contributed by atoms with Gasteiger partial charge in [-0.1, -0.05) is 6.07 Å². The van der Waals surface area contributed by atoms with Gasteiger partial charge in [-0.25, -0.2) is 9.97 Å². The van der Waals surface area contributed by atoms with Crippen LogP contribution in [0.3, 0.4) is 0 Å². The SMILES string of the molecule is CC(=O)Nc1cccc(Nc2cc(C(=O)N3CCN(C=O)CC3)ncn2)c1. The van der Waals surface area contributed by atoms with Crippen molar-refractivity contribution in [2.45, 2.75) is 6.92 Å². The molecule has 140 valence electrons. The standard InChI is InChI=1S/C18H20N6O3/c1-13(26)21-14-3-2-4-15(9-14)22-17-10-16(19-11-20-17)18(27)24-7-5-23(12-25)6-8-24/h2-4,9-12H,5-8H2,1H3,(H,21,26)(H,19,20,22). The van der Waals surface area contributed by atoms with E-state index < -0.39 is 0 Å². The number of hydrogen-bond acceptors (Lipinski definition) is 6. The summed E-state index contributed by atoms with van der Waals surface area (Å²) in [5, 5.41) is 5.81. The lowest BCUT2D eigenvalue weighted by Crippen LogP contribution is -2.48. The van der Waals surface area contributed by atoms with Crippen LogP contribution in [0, 0.1) is 0 Å². The molecule has 2 N–H and O–H groups in total. The molecule has 3 amide bonds. The van der Waals surface area contributed by atoms with Crippen LogP contribution < -0.4 is 10.6 Å². The van der Waals surface area contributed by atoms with Gasteiger partial charge in [0.1, 0.15) is 17.8 Å². The second-order valence-corrected chi connectivity index (χ2v) is 6.11. The Morgan fingerprint density at radius 1 is 1.07 bits per heavy atom. The molecule has 1 saturated heterocycles. The minimum absolute atomic E-state index is 0.156. The molecule has 0 atom stereocenters. The molecule has 9 heteroatoms. The van der Waals surface area contributed by atoms with Crippen LogP contribution in [0.1, 0.15) is 17.4 Å². The molecule has 0 aliphatic carbocycles. The van der Waals surface area contributed by atoms with Gasteiger partial charge in [-0.3, -0.25) is 14.4 Å². The Morgan fingerprint density at radius 3 is 2.52 bits per heavy atom. The van der Waals surface area contributed by atoms with E-state index >= 15 is 0 Å². The van der Waals surface area contributed by atoms with Crippen LogP contribution in [0.2, 0.25) is 0 Å². The number of carbonyl (C=O) groups is 3. The molecule has 0 spiro atoms. The zero-order chi connectivity index (χ0) is 19.2. The van der Waals surface area contributed by atoms with E-state index in [-0.39, 0.29) is 17.5 Å². The fourth-order valence-corrected chi connectivity index (χ4v) is 2.76. The molecule has 2 heterocycles. The van der Waals surface area contributed by atoms with Crippen molar-refractivity contribution in [3.63, 3.8) is 0 Å². The number of rotatable bonds is 5. The normalized spacial score (nSPS) is 13.8. The Balaban J connectivity index is 1.69. The van der Waals surface area contributed by atoms with Crippen molar-refractivity contribution in [2.24, 2.45) is 0 Å². The van der Waals surface area contributed by atoms with Crippen LogP contribution in [0.15, 0.2) is 36.7 Å². The molecular formula is C18H20N6O3. The molecule has 2 aromatic rings. The monoisotopic (exact) mass is 368 g/mol. The highest BCUT2D eigenvalue weighted by Crippen LogP contribution is 2.19. The van der Waals surface area contributed by atoms with Crippen LogP contribution >= 0.6 is 0 Å². The smallest absolute Gasteiger partial charge is 0.272 e. The highest BCUT2D eigenvalue weighted by atomic mass is 16.2. The van der Waals surface area contributed by atoms with Crippen molar-refractivity contribution in [3.8, 4) is 0 Å². The van der Waals surface area contributed by atoms with Crippen LogP contribution in [-0.2, 0) is 9.59 Å². The second-order valence-electron chi connectivity index (χ2n) is 6.11. The number of nitrogens with zero attached hydrogens (tertiary/aromatic N) is 4. The number of hydrogen-bond donors (Lipinski definition) is 2. The summed E-state index contributed by atoms with van der Waals surface area (Å²) in [4.78, 5) is 46.1. The molecule has 0 bridgehead atoms. The van der Waals surface area contributed by atoms with Crippen molar-refractivity contribution < 1.29 is 14.4 Å². The van der Waals surface area contributed by atoms with Gasteiger partial charge in [0.25, 0.3) is 5.91 Å². The number of anilines is 3. The third kappa shape index (κ3) is 4.78. The molecule has 1 aromatic carbocycles. The minimum Gasteiger partial charge on any atom is -0.342 e. The summed E-state index contributed by atoms with van der Waals surface area (Å²) in [5.74, 6) is 0.120. The van der Waals surface area contributed by atoms with Gasteiger partial charge in [0.15, 0.2) is 0 Å². The molecule has 1 fully saturated rings. The summed E-state index contributed by atoms with van der Waals surface area (Å²) in [6.07, 6.45) is 2.12. The van der Waals surface area contributed by atoms with Gasteiger partial charge in [0.2, 0.25) is 12.3 Å². The Morgan fingerprint density at radius 2 is 1.81 bits per heavy atom. The third-order valence-corrected chi connectivity index (χ3v) is 4.09. The first kappa shape index (κ1) is 18.3. The maximum Gasteiger partial charge on any atom is 0.272 e. The van der Waals surface area contributed by atoms with E-state index in [4.69, 9.17) is 0 Å². The fourth-order valence-electron chi connectivity index (χ4n) is 2.76. The zero-order valence-corrected chi connectivity index (χ0v) is 14.9. The number of benzene rings is 1. The highest BCUT2D eigenvalue weighted by molar-refractivity contribution is 5.93. The Kier molecular flexibility index (Phi) is 5.60.